The van der Waals surface area contributed by atoms with E-state index in [-0.39, 0.29) is 24.4 Å². The van der Waals surface area contributed by atoms with E-state index in [1.54, 1.807) is 36.7 Å². The van der Waals surface area contributed by atoms with Gasteiger partial charge in [-0.05, 0) is 50.2 Å². The summed E-state index contributed by atoms with van der Waals surface area (Å²) in [5, 5.41) is 20.1. The number of hydrogen-bond donors (Lipinski definition) is 5. The van der Waals surface area contributed by atoms with Crippen molar-refractivity contribution in [2.45, 2.75) is 25.9 Å². The third-order valence-electron chi connectivity index (χ3n) is 5.43. The number of nitrogens with one attached hydrogen (secondary N) is 5. The van der Waals surface area contributed by atoms with Gasteiger partial charge in [0, 0.05) is 41.1 Å². The first kappa shape index (κ1) is 21.4. The summed E-state index contributed by atoms with van der Waals surface area (Å²) in [6, 6.07) is 12.4. The molecule has 0 aliphatic carbocycles. The lowest BCUT2D eigenvalue weighted by Crippen LogP contribution is -2.47. The van der Waals surface area contributed by atoms with Crippen LogP contribution >= 0.6 is 0 Å². The molecule has 172 valence electrons. The maximum Gasteiger partial charge on any atom is 0.253 e. The van der Waals surface area contributed by atoms with Crippen molar-refractivity contribution in [1.29, 1.82) is 0 Å². The lowest BCUT2D eigenvalue weighted by Gasteiger charge is -2.19. The molecule has 2 aromatic heterocycles. The Balaban J connectivity index is 1.41. The first-order chi connectivity index (χ1) is 16.5. The Labute approximate surface area is 195 Å². The molecule has 4 aromatic rings. The molecule has 0 saturated carbocycles. The van der Waals surface area contributed by atoms with Gasteiger partial charge in [-0.2, -0.15) is 5.10 Å². The second kappa shape index (κ2) is 8.81. The van der Waals surface area contributed by atoms with Gasteiger partial charge in [0.1, 0.15) is 11.9 Å². The summed E-state index contributed by atoms with van der Waals surface area (Å²) in [5.41, 5.74) is 3.57. The van der Waals surface area contributed by atoms with Crippen molar-refractivity contribution in [2.75, 3.05) is 17.2 Å². The van der Waals surface area contributed by atoms with Gasteiger partial charge in [-0.3, -0.25) is 14.7 Å². The number of nitrogens with zero attached hydrogens (tertiary/aromatic N) is 3. The maximum atomic E-state index is 12.6. The molecule has 10 heteroatoms. The monoisotopic (exact) mass is 456 g/mol. The van der Waals surface area contributed by atoms with Gasteiger partial charge in [0.2, 0.25) is 5.91 Å². The molecule has 1 unspecified atom stereocenters. The zero-order valence-electron chi connectivity index (χ0n) is 18.7. The molecule has 1 aliphatic heterocycles. The molecule has 1 aliphatic rings. The minimum Gasteiger partial charge on any atom is -0.372 e. The summed E-state index contributed by atoms with van der Waals surface area (Å²) < 4.78 is 0. The summed E-state index contributed by atoms with van der Waals surface area (Å²) >= 11 is 0. The van der Waals surface area contributed by atoms with E-state index >= 15 is 0 Å². The summed E-state index contributed by atoms with van der Waals surface area (Å²) in [4.78, 5) is 34.1. The van der Waals surface area contributed by atoms with Crippen LogP contribution in [0.4, 0.5) is 17.2 Å². The molecule has 0 saturated heterocycles. The number of hydrogen-bond acceptors (Lipinski definition) is 7. The Hall–Kier alpha value is -4.47. The first-order valence-electron chi connectivity index (χ1n) is 11.0. The lowest BCUT2D eigenvalue weighted by atomic mass is 10.1. The highest BCUT2D eigenvalue weighted by Crippen LogP contribution is 2.27. The standard InChI is InChI=1S/C24H24N8O2/c1-13(2)28-24(34)20-12-26-23(33)17-5-3-14(10-19(17)30-20)22-25-8-7-21(31-22)29-16-4-6-18-15(9-16)11-27-32-18/h3-11,13,20,30H,12H2,1-2H3,(H,26,33)(H,27,32)(H,28,34)(H,25,29,31). The van der Waals surface area contributed by atoms with Crippen LogP contribution in [0.25, 0.3) is 22.3 Å². The first-order valence-corrected chi connectivity index (χ1v) is 11.0. The predicted octanol–water partition coefficient (Wildman–Crippen LogP) is 2.81. The van der Waals surface area contributed by atoms with Gasteiger partial charge in [0.15, 0.2) is 5.82 Å². The molecular formula is C24H24N8O2. The van der Waals surface area contributed by atoms with Crippen molar-refractivity contribution >= 4 is 39.9 Å². The average molecular weight is 457 g/mol. The predicted molar refractivity (Wildman–Crippen MR) is 130 cm³/mol. The highest BCUT2D eigenvalue weighted by atomic mass is 16.2. The van der Waals surface area contributed by atoms with Crippen molar-refractivity contribution in [2.24, 2.45) is 0 Å². The summed E-state index contributed by atoms with van der Waals surface area (Å²) in [6.45, 7) is 3.98. The van der Waals surface area contributed by atoms with Crippen LogP contribution in [-0.2, 0) is 4.79 Å². The van der Waals surface area contributed by atoms with Crippen LogP contribution in [0.5, 0.6) is 0 Å². The molecular weight excluding hydrogens is 432 g/mol. The van der Waals surface area contributed by atoms with Gasteiger partial charge in [-0.15, -0.1) is 0 Å². The smallest absolute Gasteiger partial charge is 0.253 e. The Morgan fingerprint density at radius 2 is 2.03 bits per heavy atom. The van der Waals surface area contributed by atoms with Crippen molar-refractivity contribution in [3.63, 3.8) is 0 Å². The number of aromatic amines is 1. The summed E-state index contributed by atoms with van der Waals surface area (Å²) in [5.74, 6) is 0.708. The third kappa shape index (κ3) is 4.38. The quantitative estimate of drug-likeness (QED) is 0.311. The van der Waals surface area contributed by atoms with E-state index in [4.69, 9.17) is 0 Å². The van der Waals surface area contributed by atoms with Crippen LogP contribution in [0, 0.1) is 0 Å². The number of fused-ring (bicyclic) bond motifs is 2. The normalized spacial score (nSPS) is 15.3. The fourth-order valence-corrected chi connectivity index (χ4v) is 3.81. The van der Waals surface area contributed by atoms with Gasteiger partial charge in [-0.1, -0.05) is 6.07 Å². The molecule has 5 rings (SSSR count). The third-order valence-corrected chi connectivity index (χ3v) is 5.43. The molecule has 3 heterocycles. The largest absolute Gasteiger partial charge is 0.372 e. The fraction of sp³-hybridized carbons (Fsp3) is 0.208. The van der Waals surface area contributed by atoms with E-state index in [1.165, 1.54) is 0 Å². The second-order valence-electron chi connectivity index (χ2n) is 8.39. The molecule has 0 fully saturated rings. The molecule has 0 bridgehead atoms. The van der Waals surface area contributed by atoms with Gasteiger partial charge in [-0.25, -0.2) is 9.97 Å². The van der Waals surface area contributed by atoms with Crippen LogP contribution in [0.15, 0.2) is 54.9 Å². The molecule has 0 radical (unpaired) electrons. The van der Waals surface area contributed by atoms with E-state index in [1.807, 2.05) is 32.0 Å². The molecule has 2 amide bonds. The Kier molecular flexibility index (Phi) is 5.54. The molecule has 0 spiro atoms. The van der Waals surface area contributed by atoms with E-state index in [2.05, 4.69) is 41.4 Å². The maximum absolute atomic E-state index is 12.6. The zero-order valence-corrected chi connectivity index (χ0v) is 18.7. The van der Waals surface area contributed by atoms with Gasteiger partial charge < -0.3 is 21.3 Å². The zero-order chi connectivity index (χ0) is 23.7. The number of benzene rings is 2. The minimum atomic E-state index is -0.588. The second-order valence-corrected chi connectivity index (χ2v) is 8.39. The fourth-order valence-electron chi connectivity index (χ4n) is 3.81. The molecule has 2 aromatic carbocycles. The highest BCUT2D eigenvalue weighted by Gasteiger charge is 2.26. The number of carbonyl (C=O) groups excluding carboxylic acids is 2. The van der Waals surface area contributed by atoms with Crippen LogP contribution in [0.3, 0.4) is 0 Å². The number of amides is 2. The topological polar surface area (TPSA) is 137 Å². The number of rotatable bonds is 5. The summed E-state index contributed by atoms with van der Waals surface area (Å²) in [6.07, 6.45) is 3.44. The van der Waals surface area contributed by atoms with Crippen LogP contribution in [0.2, 0.25) is 0 Å². The van der Waals surface area contributed by atoms with E-state index < -0.39 is 6.04 Å². The molecule has 1 atom stereocenters. The van der Waals surface area contributed by atoms with Gasteiger partial charge in [0.25, 0.3) is 5.91 Å². The number of carbonyl (C=O) groups is 2. The Morgan fingerprint density at radius 1 is 1.15 bits per heavy atom. The molecule has 10 nitrogen and oxygen atoms in total. The van der Waals surface area contributed by atoms with Crippen molar-refractivity contribution < 1.29 is 9.59 Å². The Morgan fingerprint density at radius 3 is 2.88 bits per heavy atom. The highest BCUT2D eigenvalue weighted by molar-refractivity contribution is 6.02. The van der Waals surface area contributed by atoms with Crippen molar-refractivity contribution in [3.8, 4) is 11.4 Å². The number of aromatic nitrogens is 4. The van der Waals surface area contributed by atoms with Crippen LogP contribution in [0.1, 0.15) is 24.2 Å². The summed E-state index contributed by atoms with van der Waals surface area (Å²) in [7, 11) is 0. The van der Waals surface area contributed by atoms with Crippen molar-refractivity contribution in [3.05, 3.63) is 60.4 Å². The van der Waals surface area contributed by atoms with E-state index in [0.29, 0.717) is 22.9 Å². The van der Waals surface area contributed by atoms with Gasteiger partial charge >= 0.3 is 0 Å². The van der Waals surface area contributed by atoms with Crippen LogP contribution < -0.4 is 21.3 Å². The molecule has 34 heavy (non-hydrogen) atoms. The van der Waals surface area contributed by atoms with Crippen molar-refractivity contribution in [1.82, 2.24) is 30.8 Å². The Bertz CT molecular complexity index is 1380. The number of anilines is 3. The average Bonchev–Trinajstić information content (AvgIpc) is 3.22. The SMILES string of the molecule is CC(C)NC(=O)C1CNC(=O)c2ccc(-c3nccc(Nc4ccc5[nH]ncc5c4)n3)cc2N1. The number of H-pyrrole nitrogens is 1. The minimum absolute atomic E-state index is 0.00285. The van der Waals surface area contributed by atoms with Crippen LogP contribution in [-0.4, -0.2) is 50.6 Å². The van der Waals surface area contributed by atoms with E-state index in [0.717, 1.165) is 22.2 Å². The van der Waals surface area contributed by atoms with Gasteiger partial charge in [0.05, 0.1) is 17.3 Å². The molecule has 5 N–H and O–H groups in total. The lowest BCUT2D eigenvalue weighted by molar-refractivity contribution is -0.122. The van der Waals surface area contributed by atoms with E-state index in [9.17, 15) is 9.59 Å².